The average Bonchev–Trinajstić information content (AvgIpc) is 2.15. The molecule has 0 radical (unpaired) electrons. The maximum absolute atomic E-state index is 3.92. The summed E-state index contributed by atoms with van der Waals surface area (Å²) in [6.07, 6.45) is 8.58. The Balaban J connectivity index is -0.000000309. The molecule has 0 aromatic rings. The smallest absolute Gasteiger partial charge is 0.346 e. The summed E-state index contributed by atoms with van der Waals surface area (Å²) < 4.78 is 0. The van der Waals surface area contributed by atoms with E-state index in [0.717, 1.165) is 6.42 Å². The first kappa shape index (κ1) is 19.0. The fraction of sp³-hybridized carbons (Fsp3) is 0.667. The standard InChI is InChI=1S/C10H19.C2H5.Mg/c1-4-6-7-8-9-10(3)5-2;1-2;/h9H,3-8H2,1-2H3;1H2,2H3;/q2*-1;+2. The molecule has 0 saturated heterocycles. The normalized spacial score (nSPS) is 7.69. The Labute approximate surface area is 101 Å². The third-order valence-electron chi connectivity index (χ3n) is 1.69. The Kier molecular flexibility index (Phi) is 26.7. The molecule has 1 heteroatoms. The Hall–Kier alpha value is 0.376. The molecule has 0 heterocycles. The van der Waals surface area contributed by atoms with Crippen LogP contribution in [0.25, 0.3) is 0 Å². The van der Waals surface area contributed by atoms with Crippen molar-refractivity contribution >= 4 is 23.1 Å². The number of allylic oxidation sites excluding steroid dienone is 1. The number of hydrogen-bond acceptors (Lipinski definition) is 0. The molecule has 74 valence electrons. The SMILES string of the molecule is C=C([CH-]CCCCC)CC.[CH2-]C.[Mg+2]. The second kappa shape index (κ2) is 18.2. The van der Waals surface area contributed by atoms with E-state index in [1.807, 2.05) is 0 Å². The Morgan fingerprint density at radius 3 is 2.15 bits per heavy atom. The van der Waals surface area contributed by atoms with Gasteiger partial charge in [0.1, 0.15) is 0 Å². The Morgan fingerprint density at radius 2 is 1.77 bits per heavy atom. The Morgan fingerprint density at radius 1 is 1.23 bits per heavy atom. The van der Waals surface area contributed by atoms with Gasteiger partial charge in [0.25, 0.3) is 0 Å². The summed E-state index contributed by atoms with van der Waals surface area (Å²) in [5, 5.41) is 0. The third kappa shape index (κ3) is 19.0. The molecule has 0 aliphatic carbocycles. The topological polar surface area (TPSA) is 0 Å². The van der Waals surface area contributed by atoms with Gasteiger partial charge in [0.05, 0.1) is 0 Å². The van der Waals surface area contributed by atoms with Crippen LogP contribution < -0.4 is 0 Å². The van der Waals surface area contributed by atoms with Crippen molar-refractivity contribution in [1.82, 2.24) is 0 Å². The van der Waals surface area contributed by atoms with Gasteiger partial charge in [-0.05, 0) is 0 Å². The van der Waals surface area contributed by atoms with E-state index < -0.39 is 0 Å². The van der Waals surface area contributed by atoms with Crippen LogP contribution in [-0.4, -0.2) is 23.1 Å². The van der Waals surface area contributed by atoms with Crippen molar-refractivity contribution in [3.05, 3.63) is 25.5 Å². The predicted octanol–water partition coefficient (Wildman–Crippen LogP) is 4.20. The zero-order chi connectivity index (χ0) is 9.82. The quantitative estimate of drug-likeness (QED) is 0.336. The van der Waals surface area contributed by atoms with Crippen LogP contribution in [0.1, 0.15) is 52.9 Å². The van der Waals surface area contributed by atoms with Gasteiger partial charge in [-0.1, -0.05) is 39.5 Å². The van der Waals surface area contributed by atoms with Gasteiger partial charge in [-0.25, -0.2) is 18.6 Å². The van der Waals surface area contributed by atoms with E-state index >= 15 is 0 Å². The molecule has 0 nitrogen and oxygen atoms in total. The third-order valence-corrected chi connectivity index (χ3v) is 1.69. The maximum atomic E-state index is 3.92. The van der Waals surface area contributed by atoms with E-state index in [9.17, 15) is 0 Å². The zero-order valence-corrected chi connectivity index (χ0v) is 11.1. The van der Waals surface area contributed by atoms with E-state index in [0.29, 0.717) is 0 Å². The van der Waals surface area contributed by atoms with Crippen LogP contribution in [-0.2, 0) is 0 Å². The van der Waals surface area contributed by atoms with E-state index in [1.165, 1.54) is 31.3 Å². The summed E-state index contributed by atoms with van der Waals surface area (Å²) in [6.45, 7) is 13.3. The molecular formula is C12H24Mg. The van der Waals surface area contributed by atoms with Gasteiger partial charge in [0, 0.05) is 0 Å². The first-order valence-electron chi connectivity index (χ1n) is 5.03. The molecule has 0 rings (SSSR count). The van der Waals surface area contributed by atoms with Gasteiger partial charge in [-0.3, -0.25) is 0 Å². The molecule has 0 aliphatic heterocycles. The van der Waals surface area contributed by atoms with Crippen molar-refractivity contribution in [2.45, 2.75) is 52.9 Å². The van der Waals surface area contributed by atoms with Crippen molar-refractivity contribution in [3.63, 3.8) is 0 Å². The Bertz CT molecular complexity index is 87.1. The summed E-state index contributed by atoms with van der Waals surface area (Å²) in [7, 11) is 0. The van der Waals surface area contributed by atoms with Gasteiger partial charge in [-0.15, -0.1) is 6.42 Å². The summed E-state index contributed by atoms with van der Waals surface area (Å²) in [5.41, 5.74) is 1.29. The molecule has 0 bridgehead atoms. The molecule has 0 amide bonds. The monoisotopic (exact) mass is 192 g/mol. The van der Waals surface area contributed by atoms with Crippen LogP contribution >= 0.6 is 0 Å². The van der Waals surface area contributed by atoms with Gasteiger partial charge >= 0.3 is 23.1 Å². The molecule has 0 aromatic heterocycles. The summed E-state index contributed by atoms with van der Waals surface area (Å²) in [4.78, 5) is 0. The second-order valence-electron chi connectivity index (χ2n) is 2.71. The van der Waals surface area contributed by atoms with E-state index in [1.54, 1.807) is 6.92 Å². The number of hydrogen-bond donors (Lipinski definition) is 0. The molecule has 0 N–H and O–H groups in total. The molecule has 0 aliphatic rings. The van der Waals surface area contributed by atoms with Crippen molar-refractivity contribution in [3.8, 4) is 0 Å². The van der Waals surface area contributed by atoms with Gasteiger partial charge in [-0.2, -0.15) is 6.92 Å². The van der Waals surface area contributed by atoms with Gasteiger partial charge < -0.3 is 6.92 Å². The molecule has 0 unspecified atom stereocenters. The molecule has 0 fully saturated rings. The van der Waals surface area contributed by atoms with Crippen molar-refractivity contribution in [1.29, 1.82) is 0 Å². The van der Waals surface area contributed by atoms with E-state index in [-0.39, 0.29) is 23.1 Å². The van der Waals surface area contributed by atoms with E-state index in [2.05, 4.69) is 33.8 Å². The maximum Gasteiger partial charge on any atom is 2.00 e. The van der Waals surface area contributed by atoms with Gasteiger partial charge in [0.2, 0.25) is 0 Å². The molecule has 0 saturated carbocycles. The minimum Gasteiger partial charge on any atom is -0.346 e. The zero-order valence-electron chi connectivity index (χ0n) is 9.73. The largest absolute Gasteiger partial charge is 2.00 e. The minimum absolute atomic E-state index is 0. The molecule has 13 heavy (non-hydrogen) atoms. The average molecular weight is 193 g/mol. The first-order valence-corrected chi connectivity index (χ1v) is 5.03. The van der Waals surface area contributed by atoms with Crippen LogP contribution in [0.4, 0.5) is 0 Å². The minimum atomic E-state index is 0. The van der Waals surface area contributed by atoms with Crippen LogP contribution in [0.3, 0.4) is 0 Å². The van der Waals surface area contributed by atoms with Crippen molar-refractivity contribution < 1.29 is 0 Å². The number of unbranched alkanes of at least 4 members (excludes halogenated alkanes) is 3. The summed E-state index contributed by atoms with van der Waals surface area (Å²) in [5.74, 6) is 0. The summed E-state index contributed by atoms with van der Waals surface area (Å²) in [6, 6.07) is 0. The van der Waals surface area contributed by atoms with Crippen LogP contribution in [0, 0.1) is 13.3 Å². The van der Waals surface area contributed by atoms with Crippen molar-refractivity contribution in [2.24, 2.45) is 0 Å². The van der Waals surface area contributed by atoms with Crippen LogP contribution in [0.15, 0.2) is 12.2 Å². The fourth-order valence-corrected chi connectivity index (χ4v) is 0.845. The summed E-state index contributed by atoms with van der Waals surface area (Å²) >= 11 is 0. The molecule has 0 atom stereocenters. The van der Waals surface area contributed by atoms with Gasteiger partial charge in [0.15, 0.2) is 0 Å². The first-order chi connectivity index (χ1) is 5.81. The molecule has 0 spiro atoms. The molecular weight excluding hydrogens is 168 g/mol. The van der Waals surface area contributed by atoms with Crippen molar-refractivity contribution in [2.75, 3.05) is 0 Å². The fourth-order valence-electron chi connectivity index (χ4n) is 0.845. The second-order valence-corrected chi connectivity index (χ2v) is 2.71. The predicted molar refractivity (Wildman–Crippen MR) is 64.7 cm³/mol. The van der Waals surface area contributed by atoms with E-state index in [4.69, 9.17) is 0 Å². The molecule has 0 aromatic carbocycles. The number of rotatable bonds is 6. The van der Waals surface area contributed by atoms with Crippen LogP contribution in [0.2, 0.25) is 0 Å². The van der Waals surface area contributed by atoms with Crippen LogP contribution in [0.5, 0.6) is 0 Å².